The van der Waals surface area contributed by atoms with E-state index >= 15 is 0 Å². The molecule has 0 heterocycles. The topological polar surface area (TPSA) is 82.3 Å². The van der Waals surface area contributed by atoms with Gasteiger partial charge in [0.2, 0.25) is 5.91 Å². The van der Waals surface area contributed by atoms with Gasteiger partial charge in [-0.1, -0.05) is 25.1 Å². The lowest BCUT2D eigenvalue weighted by Crippen LogP contribution is -2.27. The van der Waals surface area contributed by atoms with Crippen LogP contribution in [0.3, 0.4) is 0 Å². The third-order valence-corrected chi connectivity index (χ3v) is 4.54. The molecular formula is C21H27N3O2S2. The van der Waals surface area contributed by atoms with Crippen LogP contribution in [0.1, 0.15) is 25.8 Å². The number of hydrogen-bond donors (Lipinski definition) is 2. The maximum absolute atomic E-state index is 11.6. The van der Waals surface area contributed by atoms with E-state index in [0.717, 1.165) is 27.3 Å². The molecule has 1 N–H and O–H groups in total. The Bertz CT molecular complexity index is 862. The van der Waals surface area contributed by atoms with Crippen molar-refractivity contribution < 1.29 is 9.00 Å². The molecule has 0 spiro atoms. The van der Waals surface area contributed by atoms with Crippen LogP contribution >= 0.6 is 12.6 Å². The Kier molecular flexibility index (Phi) is 12.5. The number of nitrogens with one attached hydrogen (secondary N) is 1. The lowest BCUT2D eigenvalue weighted by Gasteiger charge is -2.08. The highest BCUT2D eigenvalue weighted by Gasteiger charge is 2.05. The lowest BCUT2D eigenvalue weighted by molar-refractivity contribution is -0.119. The number of nitriles is 1. The number of thiol groups is 1. The van der Waals surface area contributed by atoms with Gasteiger partial charge >= 0.3 is 0 Å². The molecule has 1 unspecified atom stereocenters. The van der Waals surface area contributed by atoms with Gasteiger partial charge in [0.15, 0.2) is 0 Å². The van der Waals surface area contributed by atoms with Gasteiger partial charge in [-0.2, -0.15) is 12.6 Å². The van der Waals surface area contributed by atoms with E-state index in [4.69, 9.17) is 5.26 Å². The normalized spacial score (nSPS) is 11.2. The molecule has 2 aromatic rings. The van der Waals surface area contributed by atoms with Gasteiger partial charge in [-0.15, -0.1) is 0 Å². The largest absolute Gasteiger partial charge is 0.314 e. The average molecular weight is 418 g/mol. The van der Waals surface area contributed by atoms with Crippen molar-refractivity contribution in [3.63, 3.8) is 0 Å². The Morgan fingerprint density at radius 2 is 1.79 bits per heavy atom. The predicted octanol–water partition coefficient (Wildman–Crippen LogP) is 4.66. The Balaban J connectivity index is 0.00000171. The van der Waals surface area contributed by atoms with Crippen molar-refractivity contribution in [3.05, 3.63) is 48.0 Å². The first-order valence-electron chi connectivity index (χ1n) is 8.51. The van der Waals surface area contributed by atoms with Crippen molar-refractivity contribution in [1.82, 2.24) is 5.32 Å². The van der Waals surface area contributed by atoms with Crippen molar-refractivity contribution in [3.8, 4) is 17.7 Å². The molecule has 5 nitrogen and oxygen atoms in total. The van der Waals surface area contributed by atoms with E-state index in [1.807, 2.05) is 49.4 Å². The second-order valence-corrected chi connectivity index (χ2v) is 6.96. The first kappa shape index (κ1) is 25.6. The maximum Gasteiger partial charge on any atom is 0.224 e. The van der Waals surface area contributed by atoms with Crippen LogP contribution in [-0.4, -0.2) is 28.5 Å². The number of rotatable bonds is 4. The molecule has 0 saturated heterocycles. The highest BCUT2D eigenvalue weighted by Crippen LogP contribution is 2.27. The molecule has 0 aromatic heterocycles. The van der Waals surface area contributed by atoms with E-state index in [1.54, 1.807) is 26.4 Å². The quantitative estimate of drug-likeness (QED) is 0.431. The fourth-order valence-electron chi connectivity index (χ4n) is 2.31. The van der Waals surface area contributed by atoms with Crippen LogP contribution in [0.15, 0.2) is 52.4 Å². The van der Waals surface area contributed by atoms with Crippen molar-refractivity contribution >= 4 is 40.9 Å². The van der Waals surface area contributed by atoms with Crippen LogP contribution < -0.4 is 5.32 Å². The van der Waals surface area contributed by atoms with Crippen LogP contribution in [-0.2, 0) is 15.6 Å². The van der Waals surface area contributed by atoms with Crippen molar-refractivity contribution in [2.75, 3.05) is 12.5 Å². The summed E-state index contributed by atoms with van der Waals surface area (Å²) in [6.07, 6.45) is 3.80. The summed E-state index contributed by atoms with van der Waals surface area (Å²) in [4.78, 5) is 16.7. The second-order valence-electron chi connectivity index (χ2n) is 5.58. The molecular weight excluding hydrogens is 390 g/mol. The van der Waals surface area contributed by atoms with Crippen LogP contribution in [0.4, 0.5) is 5.69 Å². The summed E-state index contributed by atoms with van der Waals surface area (Å²) in [5.41, 5.74) is 3.91. The standard InChI is InChI=1S/C19H22N2O2S.CHN.CH4S/c1-5-19(22)21-14(3)20-18-10-9-16(11-13(18)2)15-7-6-8-17(12-15)24(4)23;2*1-2/h6-12H,5H2,1-4H3,(H,20,21,22);1H;2H,1H3. The van der Waals surface area contributed by atoms with Gasteiger partial charge in [-0.3, -0.25) is 9.00 Å². The highest BCUT2D eigenvalue weighted by molar-refractivity contribution is 7.84. The van der Waals surface area contributed by atoms with Crippen LogP contribution in [0.2, 0.25) is 0 Å². The molecule has 2 rings (SSSR count). The molecule has 0 saturated carbocycles. The third kappa shape index (κ3) is 8.07. The fraction of sp³-hybridized carbons (Fsp3) is 0.286. The number of aliphatic imine (C=N–C) groups is 1. The van der Waals surface area contributed by atoms with Gasteiger partial charge in [-0.05, 0) is 61.1 Å². The number of benzene rings is 2. The molecule has 7 heteroatoms. The van der Waals surface area contributed by atoms with Gasteiger partial charge in [0.05, 0.1) is 5.69 Å². The van der Waals surface area contributed by atoms with E-state index in [1.165, 1.54) is 0 Å². The average Bonchev–Trinajstić information content (AvgIpc) is 2.72. The Morgan fingerprint density at radius 3 is 2.32 bits per heavy atom. The first-order chi connectivity index (χ1) is 13.4. The van der Waals surface area contributed by atoms with E-state index in [9.17, 15) is 9.00 Å². The zero-order chi connectivity index (χ0) is 21.7. The Hall–Kier alpha value is -2.43. The van der Waals surface area contributed by atoms with Crippen molar-refractivity contribution in [2.45, 2.75) is 32.1 Å². The van der Waals surface area contributed by atoms with Gasteiger partial charge in [0, 0.05) is 34.9 Å². The molecule has 28 heavy (non-hydrogen) atoms. The number of amidine groups is 1. The van der Waals surface area contributed by atoms with E-state index < -0.39 is 10.8 Å². The minimum absolute atomic E-state index is 0.0464. The number of hydrogen-bond acceptors (Lipinski definition) is 5. The smallest absolute Gasteiger partial charge is 0.224 e. The molecule has 0 aliphatic heterocycles. The molecule has 0 aliphatic rings. The summed E-state index contributed by atoms with van der Waals surface area (Å²) in [6, 6.07) is 13.7. The number of amides is 1. The first-order valence-corrected chi connectivity index (χ1v) is 11.0. The van der Waals surface area contributed by atoms with E-state index in [-0.39, 0.29) is 5.91 Å². The van der Waals surface area contributed by atoms with Gasteiger partial charge in [0.1, 0.15) is 5.84 Å². The maximum atomic E-state index is 11.6. The third-order valence-electron chi connectivity index (χ3n) is 3.63. The summed E-state index contributed by atoms with van der Waals surface area (Å²) in [7, 11) is -0.999. The molecule has 0 bridgehead atoms. The minimum atomic E-state index is -0.999. The fourth-order valence-corrected chi connectivity index (χ4v) is 2.88. The molecule has 2 aromatic carbocycles. The van der Waals surface area contributed by atoms with Crippen LogP contribution in [0.5, 0.6) is 0 Å². The van der Waals surface area contributed by atoms with E-state index in [0.29, 0.717) is 12.3 Å². The molecule has 0 radical (unpaired) electrons. The second kappa shape index (κ2) is 13.7. The number of carbonyl (C=O) groups excluding carboxylic acids is 1. The molecule has 0 aliphatic carbocycles. The van der Waals surface area contributed by atoms with Crippen molar-refractivity contribution in [2.24, 2.45) is 4.99 Å². The van der Waals surface area contributed by atoms with E-state index in [2.05, 4.69) is 29.5 Å². The van der Waals surface area contributed by atoms with Crippen LogP contribution in [0, 0.1) is 18.8 Å². The number of aryl methyl sites for hydroxylation is 1. The van der Waals surface area contributed by atoms with Crippen LogP contribution in [0.25, 0.3) is 11.1 Å². The molecule has 1 amide bonds. The minimum Gasteiger partial charge on any atom is -0.314 e. The summed E-state index contributed by atoms with van der Waals surface area (Å²) in [6.45, 7) is 9.07. The Morgan fingerprint density at radius 1 is 1.18 bits per heavy atom. The lowest BCUT2D eigenvalue weighted by atomic mass is 10.0. The Labute approximate surface area is 175 Å². The monoisotopic (exact) mass is 417 g/mol. The van der Waals surface area contributed by atoms with Gasteiger partial charge in [0.25, 0.3) is 0 Å². The zero-order valence-corrected chi connectivity index (χ0v) is 18.6. The number of nitrogens with zero attached hydrogens (tertiary/aromatic N) is 2. The number of carbonyl (C=O) groups is 1. The molecule has 150 valence electrons. The predicted molar refractivity (Wildman–Crippen MR) is 122 cm³/mol. The summed E-state index contributed by atoms with van der Waals surface area (Å²) < 4.78 is 11.6. The highest BCUT2D eigenvalue weighted by atomic mass is 32.2. The molecule has 0 fully saturated rings. The summed E-state index contributed by atoms with van der Waals surface area (Å²) in [5.74, 6) is 0.538. The van der Waals surface area contributed by atoms with Gasteiger partial charge < -0.3 is 5.32 Å². The zero-order valence-electron chi connectivity index (χ0n) is 16.9. The summed E-state index contributed by atoms with van der Waals surface area (Å²) >= 11 is 3.53. The van der Waals surface area contributed by atoms with Crippen molar-refractivity contribution in [1.29, 1.82) is 5.26 Å². The molecule has 1 atom stereocenters. The SMILES string of the molecule is C#N.CCC(=O)NC(C)=Nc1ccc(-c2cccc(S(C)=O)c2)cc1C.CS. The summed E-state index contributed by atoms with van der Waals surface area (Å²) in [5, 5.41) is 9.25. The van der Waals surface area contributed by atoms with Gasteiger partial charge in [-0.25, -0.2) is 10.3 Å².